The van der Waals surface area contributed by atoms with Crippen LogP contribution in [-0.4, -0.2) is 47.2 Å². The number of piperidine rings is 1. The smallest absolute Gasteiger partial charge is 0.255 e. The SMILES string of the molecule is NCC1CCC(NC(=O)c2ccc3c(c2)C(=O)N(C2CCC(=O)NC2=O)C3)CC1. The summed E-state index contributed by atoms with van der Waals surface area (Å²) in [5.74, 6) is -0.661. The molecule has 0 aromatic heterocycles. The van der Waals surface area contributed by atoms with Crippen LogP contribution in [0.5, 0.6) is 0 Å². The minimum absolute atomic E-state index is 0.134. The Bertz CT molecular complexity index is 860. The van der Waals surface area contributed by atoms with Gasteiger partial charge in [-0.05, 0) is 62.3 Å². The Hall–Kier alpha value is -2.74. The molecule has 2 aliphatic heterocycles. The van der Waals surface area contributed by atoms with Crippen LogP contribution in [0.25, 0.3) is 0 Å². The van der Waals surface area contributed by atoms with Crippen LogP contribution >= 0.6 is 0 Å². The summed E-state index contributed by atoms with van der Waals surface area (Å²) in [5, 5.41) is 5.36. The summed E-state index contributed by atoms with van der Waals surface area (Å²) in [6.07, 6.45) is 4.41. The average molecular weight is 398 g/mol. The van der Waals surface area contributed by atoms with Gasteiger partial charge in [-0.15, -0.1) is 0 Å². The summed E-state index contributed by atoms with van der Waals surface area (Å²) in [7, 11) is 0. The van der Waals surface area contributed by atoms with Gasteiger partial charge in [-0.2, -0.15) is 0 Å². The zero-order valence-corrected chi connectivity index (χ0v) is 16.3. The maximum atomic E-state index is 12.9. The minimum atomic E-state index is -0.650. The molecule has 4 rings (SSSR count). The number of imide groups is 1. The van der Waals surface area contributed by atoms with Crippen molar-refractivity contribution in [1.82, 2.24) is 15.5 Å². The lowest BCUT2D eigenvalue weighted by Crippen LogP contribution is -2.52. The number of carbonyl (C=O) groups excluding carboxylic acids is 4. The zero-order chi connectivity index (χ0) is 20.5. The summed E-state index contributed by atoms with van der Waals surface area (Å²) >= 11 is 0. The highest BCUT2D eigenvalue weighted by atomic mass is 16.2. The number of nitrogens with two attached hydrogens (primary N) is 1. The lowest BCUT2D eigenvalue weighted by molar-refractivity contribution is -0.136. The highest BCUT2D eigenvalue weighted by molar-refractivity contribution is 6.06. The molecule has 2 fully saturated rings. The number of amides is 4. The number of carbonyl (C=O) groups is 4. The number of benzene rings is 1. The van der Waals surface area contributed by atoms with Gasteiger partial charge in [0.2, 0.25) is 11.8 Å². The lowest BCUT2D eigenvalue weighted by atomic mass is 9.86. The molecule has 0 bridgehead atoms. The normalized spacial score (nSPS) is 26.9. The average Bonchev–Trinajstić information content (AvgIpc) is 3.04. The van der Waals surface area contributed by atoms with E-state index >= 15 is 0 Å². The molecule has 1 saturated heterocycles. The van der Waals surface area contributed by atoms with Crippen molar-refractivity contribution in [3.05, 3.63) is 34.9 Å². The number of hydrogen-bond acceptors (Lipinski definition) is 5. The summed E-state index contributed by atoms with van der Waals surface area (Å²) in [5.41, 5.74) is 7.41. The summed E-state index contributed by atoms with van der Waals surface area (Å²) in [6.45, 7) is 1.00. The third kappa shape index (κ3) is 3.89. The van der Waals surface area contributed by atoms with Gasteiger partial charge in [-0.25, -0.2) is 0 Å². The highest BCUT2D eigenvalue weighted by Crippen LogP contribution is 2.28. The number of rotatable bonds is 4. The molecule has 3 aliphatic rings. The maximum Gasteiger partial charge on any atom is 0.255 e. The largest absolute Gasteiger partial charge is 0.349 e. The molecule has 4 N–H and O–H groups in total. The molecule has 0 spiro atoms. The van der Waals surface area contributed by atoms with E-state index in [9.17, 15) is 19.2 Å². The summed E-state index contributed by atoms with van der Waals surface area (Å²) in [6, 6.07) is 4.60. The first-order valence-corrected chi connectivity index (χ1v) is 10.2. The molecular formula is C21H26N4O4. The van der Waals surface area contributed by atoms with Crippen molar-refractivity contribution in [3.63, 3.8) is 0 Å². The van der Waals surface area contributed by atoms with Gasteiger partial charge in [0.1, 0.15) is 6.04 Å². The molecule has 29 heavy (non-hydrogen) atoms. The van der Waals surface area contributed by atoms with E-state index in [1.807, 2.05) is 0 Å². The first kappa shape index (κ1) is 19.6. The third-order valence-corrected chi connectivity index (χ3v) is 6.31. The molecule has 0 radical (unpaired) electrons. The predicted molar refractivity (Wildman–Crippen MR) is 105 cm³/mol. The minimum Gasteiger partial charge on any atom is -0.349 e. The predicted octanol–water partition coefficient (Wildman–Crippen LogP) is 0.695. The monoisotopic (exact) mass is 398 g/mol. The van der Waals surface area contributed by atoms with Crippen molar-refractivity contribution < 1.29 is 19.2 Å². The van der Waals surface area contributed by atoms with Crippen LogP contribution in [0, 0.1) is 5.92 Å². The van der Waals surface area contributed by atoms with Crippen LogP contribution in [0.1, 0.15) is 64.8 Å². The fourth-order valence-electron chi connectivity index (χ4n) is 4.51. The molecule has 8 nitrogen and oxygen atoms in total. The maximum absolute atomic E-state index is 12.9. The van der Waals surface area contributed by atoms with Crippen LogP contribution in [0.2, 0.25) is 0 Å². The molecule has 4 amide bonds. The van der Waals surface area contributed by atoms with Gasteiger partial charge in [0.15, 0.2) is 0 Å². The van der Waals surface area contributed by atoms with Gasteiger partial charge in [-0.3, -0.25) is 24.5 Å². The third-order valence-electron chi connectivity index (χ3n) is 6.31. The topological polar surface area (TPSA) is 122 Å². The van der Waals surface area contributed by atoms with Gasteiger partial charge in [0.05, 0.1) is 0 Å². The molecule has 1 aliphatic carbocycles. The van der Waals surface area contributed by atoms with Crippen molar-refractivity contribution in [1.29, 1.82) is 0 Å². The number of nitrogens with zero attached hydrogens (tertiary/aromatic N) is 1. The van der Waals surface area contributed by atoms with Crippen molar-refractivity contribution in [2.45, 2.75) is 57.2 Å². The molecule has 154 valence electrons. The molecule has 1 aromatic carbocycles. The van der Waals surface area contributed by atoms with E-state index in [1.165, 1.54) is 4.90 Å². The zero-order valence-electron chi connectivity index (χ0n) is 16.3. The Morgan fingerprint density at radius 3 is 2.59 bits per heavy atom. The number of nitrogens with one attached hydrogen (secondary N) is 2. The highest BCUT2D eigenvalue weighted by Gasteiger charge is 2.39. The standard InChI is InChI=1S/C21H26N4O4/c22-10-12-1-5-15(6-2-12)23-19(27)13-3-4-14-11-25(21(29)16(14)9-13)17-7-8-18(26)24-20(17)28/h3-4,9,12,15,17H,1-2,5-8,10-11,22H2,(H,23,27)(H,24,26,28). The molecule has 1 unspecified atom stereocenters. The van der Waals surface area contributed by atoms with Crippen molar-refractivity contribution in [2.24, 2.45) is 11.7 Å². The van der Waals surface area contributed by atoms with Gasteiger partial charge < -0.3 is 16.0 Å². The lowest BCUT2D eigenvalue weighted by Gasteiger charge is -2.29. The molecular weight excluding hydrogens is 372 g/mol. The molecule has 8 heteroatoms. The second-order valence-corrected chi connectivity index (χ2v) is 8.20. The van der Waals surface area contributed by atoms with Crippen molar-refractivity contribution in [2.75, 3.05) is 6.54 Å². The first-order chi connectivity index (χ1) is 14.0. The van der Waals surface area contributed by atoms with Crippen LogP contribution in [0.3, 0.4) is 0 Å². The van der Waals surface area contributed by atoms with Crippen LogP contribution in [0.15, 0.2) is 18.2 Å². The number of fused-ring (bicyclic) bond motifs is 1. The van der Waals surface area contributed by atoms with Gasteiger partial charge in [-0.1, -0.05) is 6.07 Å². The second kappa shape index (κ2) is 7.94. The summed E-state index contributed by atoms with van der Waals surface area (Å²) in [4.78, 5) is 50.5. The van der Waals surface area contributed by atoms with E-state index in [1.54, 1.807) is 18.2 Å². The quantitative estimate of drug-likeness (QED) is 0.645. The van der Waals surface area contributed by atoms with E-state index in [0.717, 1.165) is 31.2 Å². The Labute approximate surface area is 169 Å². The summed E-state index contributed by atoms with van der Waals surface area (Å²) < 4.78 is 0. The molecule has 1 saturated carbocycles. The van der Waals surface area contributed by atoms with E-state index < -0.39 is 11.9 Å². The van der Waals surface area contributed by atoms with Gasteiger partial charge in [0.25, 0.3) is 11.8 Å². The van der Waals surface area contributed by atoms with Crippen LogP contribution < -0.4 is 16.4 Å². The molecule has 2 heterocycles. The Morgan fingerprint density at radius 1 is 1.14 bits per heavy atom. The fraction of sp³-hybridized carbons (Fsp3) is 0.524. The van der Waals surface area contributed by atoms with Crippen LogP contribution in [-0.2, 0) is 16.1 Å². The van der Waals surface area contributed by atoms with Gasteiger partial charge >= 0.3 is 0 Å². The van der Waals surface area contributed by atoms with E-state index in [4.69, 9.17) is 5.73 Å². The van der Waals surface area contributed by atoms with E-state index in [2.05, 4.69) is 10.6 Å². The van der Waals surface area contributed by atoms with Gasteiger partial charge in [0, 0.05) is 30.1 Å². The Balaban J connectivity index is 1.43. The molecule has 1 atom stereocenters. The Kier molecular flexibility index (Phi) is 5.36. The van der Waals surface area contributed by atoms with Crippen molar-refractivity contribution >= 4 is 23.6 Å². The second-order valence-electron chi connectivity index (χ2n) is 8.20. The van der Waals surface area contributed by atoms with Crippen molar-refractivity contribution in [3.8, 4) is 0 Å². The Morgan fingerprint density at radius 2 is 1.90 bits per heavy atom. The van der Waals surface area contributed by atoms with Crippen LogP contribution in [0.4, 0.5) is 0 Å². The number of hydrogen-bond donors (Lipinski definition) is 3. The first-order valence-electron chi connectivity index (χ1n) is 10.2. The molecule has 1 aromatic rings. The fourth-order valence-corrected chi connectivity index (χ4v) is 4.51. The van der Waals surface area contributed by atoms with E-state index in [-0.39, 0.29) is 30.2 Å². The van der Waals surface area contributed by atoms with E-state index in [0.29, 0.717) is 36.6 Å².